The number of benzene rings is 2. The fraction of sp³-hybridized carbons (Fsp3) is 0.286. The highest BCUT2D eigenvalue weighted by atomic mass is 16.2. The number of nitrogens with zero attached hydrogens (tertiary/aromatic N) is 1. The fourth-order valence-corrected chi connectivity index (χ4v) is 3.18. The van der Waals surface area contributed by atoms with Crippen molar-refractivity contribution in [3.05, 3.63) is 59.7 Å². The maximum atomic E-state index is 12.6. The second-order valence-electron chi connectivity index (χ2n) is 6.78. The van der Waals surface area contributed by atoms with Crippen LogP contribution in [0.25, 0.3) is 0 Å². The van der Waals surface area contributed by atoms with Crippen LogP contribution in [0.1, 0.15) is 40.0 Å². The molecule has 7 nitrogen and oxygen atoms in total. The Hall–Kier alpha value is -3.35. The van der Waals surface area contributed by atoms with Gasteiger partial charge in [0.1, 0.15) is 0 Å². The number of likely N-dealkylation sites (tertiary alicyclic amines) is 1. The third-order valence-corrected chi connectivity index (χ3v) is 4.64. The molecule has 146 valence electrons. The molecule has 1 heterocycles. The van der Waals surface area contributed by atoms with Crippen molar-refractivity contribution in [1.82, 2.24) is 4.90 Å². The Labute approximate surface area is 163 Å². The number of amides is 3. The van der Waals surface area contributed by atoms with Gasteiger partial charge in [0.25, 0.3) is 5.91 Å². The van der Waals surface area contributed by atoms with E-state index in [1.807, 2.05) is 4.90 Å². The summed E-state index contributed by atoms with van der Waals surface area (Å²) in [5.74, 6) is -0.785. The van der Waals surface area contributed by atoms with Crippen LogP contribution in [-0.2, 0) is 4.79 Å². The Morgan fingerprint density at radius 2 is 1.54 bits per heavy atom. The Bertz CT molecular complexity index is 875. The number of carbonyl (C=O) groups is 3. The molecular weight excluding hydrogens is 356 g/mol. The van der Waals surface area contributed by atoms with Crippen LogP contribution in [-0.4, -0.2) is 42.3 Å². The lowest BCUT2D eigenvalue weighted by molar-refractivity contribution is -0.114. The zero-order valence-electron chi connectivity index (χ0n) is 15.6. The van der Waals surface area contributed by atoms with Gasteiger partial charge in [-0.1, -0.05) is 12.1 Å². The summed E-state index contributed by atoms with van der Waals surface area (Å²) < 4.78 is 0. The average Bonchev–Trinajstić information content (AvgIpc) is 2.73. The topological polar surface area (TPSA) is 105 Å². The molecule has 1 fully saturated rings. The first-order valence-corrected chi connectivity index (χ1v) is 9.36. The maximum Gasteiger partial charge on any atom is 0.253 e. The molecule has 3 rings (SSSR count). The van der Waals surface area contributed by atoms with Crippen molar-refractivity contribution in [3.63, 3.8) is 0 Å². The third kappa shape index (κ3) is 5.09. The van der Waals surface area contributed by atoms with Gasteiger partial charge >= 0.3 is 0 Å². The monoisotopic (exact) mass is 380 g/mol. The van der Waals surface area contributed by atoms with Crippen LogP contribution in [0.4, 0.5) is 11.4 Å². The molecule has 1 saturated heterocycles. The van der Waals surface area contributed by atoms with Crippen LogP contribution in [0.3, 0.4) is 0 Å². The highest BCUT2D eigenvalue weighted by Gasteiger charge is 2.18. The fourth-order valence-electron chi connectivity index (χ4n) is 3.18. The molecule has 0 atom stereocenters. The summed E-state index contributed by atoms with van der Waals surface area (Å²) in [6.07, 6.45) is 3.23. The number of hydrogen-bond donors (Lipinski definition) is 3. The molecular formula is C21H24N4O3. The summed E-state index contributed by atoms with van der Waals surface area (Å²) in [6, 6.07) is 13.6. The standard InChI is InChI=1S/C21H24N4O3/c22-20(27)15-6-4-8-17(12-15)23-14-19(26)24-18-9-5-7-16(13-18)21(28)25-10-2-1-3-11-25/h4-9,12-13,23H,1-3,10-11,14H2,(H2,22,27)(H,24,26). The van der Waals surface area contributed by atoms with E-state index in [1.54, 1.807) is 48.5 Å². The second kappa shape index (κ2) is 9.03. The molecule has 0 spiro atoms. The molecule has 0 radical (unpaired) electrons. The first-order valence-electron chi connectivity index (χ1n) is 9.36. The van der Waals surface area contributed by atoms with Crippen LogP contribution in [0.2, 0.25) is 0 Å². The highest BCUT2D eigenvalue weighted by Crippen LogP contribution is 2.16. The SMILES string of the molecule is NC(=O)c1cccc(NCC(=O)Nc2cccc(C(=O)N3CCCCC3)c2)c1. The van der Waals surface area contributed by atoms with Crippen LogP contribution < -0.4 is 16.4 Å². The van der Waals surface area contributed by atoms with E-state index < -0.39 is 5.91 Å². The van der Waals surface area contributed by atoms with E-state index in [0.29, 0.717) is 22.5 Å². The first kappa shape index (κ1) is 19.4. The zero-order chi connectivity index (χ0) is 19.9. The Morgan fingerprint density at radius 3 is 2.25 bits per heavy atom. The number of nitrogens with two attached hydrogens (primary N) is 1. The smallest absolute Gasteiger partial charge is 0.253 e. The van der Waals surface area contributed by atoms with Crippen molar-refractivity contribution in [2.75, 3.05) is 30.3 Å². The largest absolute Gasteiger partial charge is 0.376 e. The van der Waals surface area contributed by atoms with Gasteiger partial charge in [0, 0.05) is 35.6 Å². The molecule has 0 unspecified atom stereocenters. The molecule has 0 saturated carbocycles. The zero-order valence-corrected chi connectivity index (χ0v) is 15.6. The van der Waals surface area contributed by atoms with Gasteiger partial charge < -0.3 is 21.3 Å². The molecule has 1 aliphatic heterocycles. The van der Waals surface area contributed by atoms with Crippen molar-refractivity contribution in [3.8, 4) is 0 Å². The van der Waals surface area contributed by atoms with E-state index in [4.69, 9.17) is 5.73 Å². The molecule has 7 heteroatoms. The number of piperidine rings is 1. The minimum atomic E-state index is -0.525. The molecule has 1 aliphatic rings. The van der Waals surface area contributed by atoms with E-state index >= 15 is 0 Å². The van der Waals surface area contributed by atoms with Crippen molar-refractivity contribution in [2.24, 2.45) is 5.73 Å². The molecule has 3 amide bonds. The normalized spacial score (nSPS) is 13.6. The van der Waals surface area contributed by atoms with E-state index in [2.05, 4.69) is 10.6 Å². The van der Waals surface area contributed by atoms with E-state index in [1.165, 1.54) is 0 Å². The quantitative estimate of drug-likeness (QED) is 0.716. The summed E-state index contributed by atoms with van der Waals surface area (Å²) in [6.45, 7) is 1.58. The summed E-state index contributed by atoms with van der Waals surface area (Å²) in [4.78, 5) is 37.9. The van der Waals surface area contributed by atoms with Crippen LogP contribution in [0.15, 0.2) is 48.5 Å². The Kier molecular flexibility index (Phi) is 6.26. The molecule has 2 aromatic carbocycles. The maximum absolute atomic E-state index is 12.6. The molecule has 2 aromatic rings. The lowest BCUT2D eigenvalue weighted by Crippen LogP contribution is -2.35. The highest BCUT2D eigenvalue weighted by molar-refractivity contribution is 5.98. The molecule has 4 N–H and O–H groups in total. The summed E-state index contributed by atoms with van der Waals surface area (Å²) >= 11 is 0. The Morgan fingerprint density at radius 1 is 0.893 bits per heavy atom. The van der Waals surface area contributed by atoms with Gasteiger partial charge in [-0.05, 0) is 55.7 Å². The molecule has 0 aliphatic carbocycles. The van der Waals surface area contributed by atoms with Crippen LogP contribution in [0.5, 0.6) is 0 Å². The summed E-state index contributed by atoms with van der Waals surface area (Å²) in [5.41, 5.74) is 7.39. The van der Waals surface area contributed by atoms with Gasteiger partial charge in [0.05, 0.1) is 6.54 Å². The minimum Gasteiger partial charge on any atom is -0.376 e. The van der Waals surface area contributed by atoms with Gasteiger partial charge in [0.2, 0.25) is 11.8 Å². The van der Waals surface area contributed by atoms with E-state index in [-0.39, 0.29) is 18.4 Å². The van der Waals surface area contributed by atoms with Crippen LogP contribution in [0, 0.1) is 0 Å². The van der Waals surface area contributed by atoms with Crippen molar-refractivity contribution in [1.29, 1.82) is 0 Å². The predicted octanol–water partition coefficient (Wildman–Crippen LogP) is 2.46. The number of nitrogens with one attached hydrogen (secondary N) is 2. The lowest BCUT2D eigenvalue weighted by Gasteiger charge is -2.26. The second-order valence-corrected chi connectivity index (χ2v) is 6.78. The lowest BCUT2D eigenvalue weighted by atomic mass is 10.1. The number of anilines is 2. The Balaban J connectivity index is 1.57. The van der Waals surface area contributed by atoms with Crippen LogP contribution >= 0.6 is 0 Å². The first-order chi connectivity index (χ1) is 13.5. The van der Waals surface area contributed by atoms with Gasteiger partial charge in [-0.25, -0.2) is 0 Å². The predicted molar refractivity (Wildman–Crippen MR) is 108 cm³/mol. The van der Waals surface area contributed by atoms with Crippen molar-refractivity contribution >= 4 is 29.1 Å². The average molecular weight is 380 g/mol. The summed E-state index contributed by atoms with van der Waals surface area (Å²) in [5, 5.41) is 5.74. The molecule has 0 bridgehead atoms. The minimum absolute atomic E-state index is 0.00260. The number of primary amides is 1. The summed E-state index contributed by atoms with van der Waals surface area (Å²) in [7, 11) is 0. The van der Waals surface area contributed by atoms with Gasteiger partial charge in [-0.15, -0.1) is 0 Å². The van der Waals surface area contributed by atoms with Crippen molar-refractivity contribution < 1.29 is 14.4 Å². The number of carbonyl (C=O) groups excluding carboxylic acids is 3. The van der Waals surface area contributed by atoms with E-state index in [9.17, 15) is 14.4 Å². The third-order valence-electron chi connectivity index (χ3n) is 4.64. The molecule has 0 aromatic heterocycles. The van der Waals surface area contributed by atoms with E-state index in [0.717, 1.165) is 32.4 Å². The number of rotatable bonds is 6. The van der Waals surface area contributed by atoms with Gasteiger partial charge in [-0.3, -0.25) is 14.4 Å². The molecule has 28 heavy (non-hydrogen) atoms. The van der Waals surface area contributed by atoms with Crippen molar-refractivity contribution in [2.45, 2.75) is 19.3 Å². The van der Waals surface area contributed by atoms with Gasteiger partial charge in [0.15, 0.2) is 0 Å². The van der Waals surface area contributed by atoms with Gasteiger partial charge in [-0.2, -0.15) is 0 Å². The number of hydrogen-bond acceptors (Lipinski definition) is 4.